The molecule has 0 saturated heterocycles. The third-order valence-electron chi connectivity index (χ3n) is 4.41. The van der Waals surface area contributed by atoms with Gasteiger partial charge in [-0.3, -0.25) is 9.59 Å². The van der Waals surface area contributed by atoms with Gasteiger partial charge in [0.2, 0.25) is 0 Å². The van der Waals surface area contributed by atoms with E-state index in [9.17, 15) is 9.59 Å². The summed E-state index contributed by atoms with van der Waals surface area (Å²) >= 11 is 1.61. The second kappa shape index (κ2) is 7.62. The second-order valence-corrected chi connectivity index (χ2v) is 8.30. The molecule has 1 amide bonds. The molecule has 2 aromatic heterocycles. The number of hydrogen-bond donors (Lipinski definition) is 1. The van der Waals surface area contributed by atoms with E-state index < -0.39 is 5.91 Å². The lowest BCUT2D eigenvalue weighted by Gasteiger charge is -2.20. The van der Waals surface area contributed by atoms with Gasteiger partial charge in [0, 0.05) is 24.5 Å². The van der Waals surface area contributed by atoms with Crippen molar-refractivity contribution in [2.75, 3.05) is 26.0 Å². The molecule has 0 fully saturated rings. The van der Waals surface area contributed by atoms with Crippen molar-refractivity contribution in [3.8, 4) is 0 Å². The number of aromatic nitrogens is 2. The Morgan fingerprint density at radius 2 is 2.04 bits per heavy atom. The van der Waals surface area contributed by atoms with E-state index in [0.717, 1.165) is 15.2 Å². The first-order valence-corrected chi connectivity index (χ1v) is 9.63. The number of carbonyl (C=O) groups excluding carboxylic acids is 1. The number of benzene rings is 1. The van der Waals surface area contributed by atoms with Crippen LogP contribution in [-0.4, -0.2) is 41.0 Å². The second-order valence-electron chi connectivity index (χ2n) is 7.07. The number of hydrogen-bond acceptors (Lipinski definition) is 5. The van der Waals surface area contributed by atoms with Crippen molar-refractivity contribution in [3.63, 3.8) is 0 Å². The molecule has 1 N–H and O–H groups in total. The molecule has 0 radical (unpaired) electrons. The number of likely N-dealkylation sites (N-methyl/N-ethyl adjacent to an activating group) is 1. The van der Waals surface area contributed by atoms with Crippen LogP contribution in [-0.2, 0) is 0 Å². The van der Waals surface area contributed by atoms with Crippen LogP contribution in [0.25, 0.3) is 10.2 Å². The summed E-state index contributed by atoms with van der Waals surface area (Å²) in [5, 5.41) is 3.83. The fraction of sp³-hybridized carbons (Fsp3) is 0.350. The van der Waals surface area contributed by atoms with Crippen molar-refractivity contribution in [2.24, 2.45) is 0 Å². The smallest absolute Gasteiger partial charge is 0.263 e. The van der Waals surface area contributed by atoms with Crippen LogP contribution in [0.15, 0.2) is 35.3 Å². The molecule has 1 atom stereocenters. The first-order chi connectivity index (χ1) is 12.8. The summed E-state index contributed by atoms with van der Waals surface area (Å²) < 4.78 is 2.69. The summed E-state index contributed by atoms with van der Waals surface area (Å²) in [4.78, 5) is 32.2. The number of amides is 1. The quantitative estimate of drug-likeness (QED) is 0.732. The lowest BCUT2D eigenvalue weighted by Crippen LogP contribution is -2.34. The minimum absolute atomic E-state index is 0.0334. The predicted molar refractivity (Wildman–Crippen MR) is 111 cm³/mol. The monoisotopic (exact) mass is 384 g/mol. The van der Waals surface area contributed by atoms with Gasteiger partial charge in [-0.1, -0.05) is 0 Å². The Kier molecular flexibility index (Phi) is 5.43. The number of nitrogens with one attached hydrogen (secondary N) is 1. The predicted octanol–water partition coefficient (Wildman–Crippen LogP) is 3.45. The maximum absolute atomic E-state index is 12.9. The number of fused-ring (bicyclic) bond motifs is 1. The summed E-state index contributed by atoms with van der Waals surface area (Å²) in [6, 6.07) is 7.39. The third kappa shape index (κ3) is 4.09. The molecule has 0 bridgehead atoms. The molecule has 0 aliphatic carbocycles. The highest BCUT2D eigenvalue weighted by Gasteiger charge is 2.18. The highest BCUT2D eigenvalue weighted by molar-refractivity contribution is 7.18. The molecule has 0 spiro atoms. The van der Waals surface area contributed by atoms with Gasteiger partial charge in [0.25, 0.3) is 11.5 Å². The summed E-state index contributed by atoms with van der Waals surface area (Å²) in [5.74, 6) is -0.393. The van der Waals surface area contributed by atoms with Crippen LogP contribution < -0.4 is 10.9 Å². The zero-order valence-electron chi connectivity index (χ0n) is 16.2. The third-order valence-corrected chi connectivity index (χ3v) is 5.36. The Labute approximate surface area is 162 Å². The topological polar surface area (TPSA) is 67.2 Å². The van der Waals surface area contributed by atoms with Crippen molar-refractivity contribution >= 4 is 33.1 Å². The fourth-order valence-electron chi connectivity index (χ4n) is 3.19. The first-order valence-electron chi connectivity index (χ1n) is 8.81. The molecule has 7 heteroatoms. The van der Waals surface area contributed by atoms with Crippen LogP contribution in [0.3, 0.4) is 0 Å². The van der Waals surface area contributed by atoms with Gasteiger partial charge >= 0.3 is 0 Å². The molecule has 3 rings (SSSR count). The molecule has 0 saturated carbocycles. The molecule has 3 aromatic rings. The molecule has 27 heavy (non-hydrogen) atoms. The van der Waals surface area contributed by atoms with Crippen LogP contribution >= 0.6 is 11.3 Å². The molecule has 6 nitrogen and oxygen atoms in total. The minimum atomic E-state index is -0.393. The van der Waals surface area contributed by atoms with Gasteiger partial charge in [0.05, 0.1) is 15.2 Å². The average molecular weight is 385 g/mol. The summed E-state index contributed by atoms with van der Waals surface area (Å²) in [7, 11) is 3.92. The number of thiazole rings is 1. The summed E-state index contributed by atoms with van der Waals surface area (Å²) in [5.41, 5.74) is 2.05. The van der Waals surface area contributed by atoms with Crippen LogP contribution in [0.5, 0.6) is 0 Å². The Bertz CT molecular complexity index is 1050. The van der Waals surface area contributed by atoms with Crippen molar-refractivity contribution in [2.45, 2.75) is 26.8 Å². The number of aryl methyl sites for hydroxylation is 2. The maximum atomic E-state index is 12.9. The van der Waals surface area contributed by atoms with Gasteiger partial charge in [0.15, 0.2) is 0 Å². The van der Waals surface area contributed by atoms with Crippen LogP contribution in [0.1, 0.15) is 33.9 Å². The molecular formula is C20H24N4O2S. The Morgan fingerprint density at radius 3 is 2.74 bits per heavy atom. The van der Waals surface area contributed by atoms with Gasteiger partial charge < -0.3 is 14.8 Å². The minimum Gasteiger partial charge on any atom is -0.322 e. The zero-order valence-corrected chi connectivity index (χ0v) is 17.1. The van der Waals surface area contributed by atoms with E-state index in [2.05, 4.69) is 10.3 Å². The van der Waals surface area contributed by atoms with Crippen molar-refractivity contribution in [3.05, 3.63) is 57.0 Å². The number of rotatable bonds is 5. The van der Waals surface area contributed by atoms with E-state index in [1.807, 2.05) is 57.1 Å². The number of anilines is 1. The highest BCUT2D eigenvalue weighted by atomic mass is 32.1. The fourth-order valence-corrected chi connectivity index (χ4v) is 4.00. The lowest BCUT2D eigenvalue weighted by atomic mass is 10.1. The molecule has 1 unspecified atom stereocenters. The Morgan fingerprint density at radius 1 is 1.30 bits per heavy atom. The van der Waals surface area contributed by atoms with Gasteiger partial charge in [0.1, 0.15) is 5.56 Å². The van der Waals surface area contributed by atoms with Gasteiger partial charge in [-0.2, -0.15) is 0 Å². The van der Waals surface area contributed by atoms with Gasteiger partial charge in [-0.25, -0.2) is 4.98 Å². The molecule has 0 aliphatic rings. The van der Waals surface area contributed by atoms with E-state index >= 15 is 0 Å². The average Bonchev–Trinajstić information content (AvgIpc) is 2.93. The normalized spacial score (nSPS) is 12.5. The van der Waals surface area contributed by atoms with E-state index in [1.165, 1.54) is 0 Å². The zero-order chi connectivity index (χ0) is 19.7. The van der Waals surface area contributed by atoms with Crippen LogP contribution in [0.2, 0.25) is 0 Å². The molecular weight excluding hydrogens is 360 g/mol. The molecule has 142 valence electrons. The highest BCUT2D eigenvalue weighted by Crippen LogP contribution is 2.24. The number of pyridine rings is 1. The van der Waals surface area contributed by atoms with Crippen molar-refractivity contribution < 1.29 is 4.79 Å². The van der Waals surface area contributed by atoms with Gasteiger partial charge in [-0.15, -0.1) is 11.3 Å². The first kappa shape index (κ1) is 19.3. The number of nitrogens with zero attached hydrogens (tertiary/aromatic N) is 3. The Hall–Kier alpha value is -2.51. The standard InChI is InChI=1S/C20H24N4O2S/c1-12-8-9-24(13(2)11-23(4)5)20(26)18(12)19(25)22-15-6-7-17-16(10-15)21-14(3)27-17/h6-10,13H,11H2,1-5H3,(H,22,25). The van der Waals surface area contributed by atoms with E-state index in [1.54, 1.807) is 29.0 Å². The largest absolute Gasteiger partial charge is 0.322 e. The Balaban J connectivity index is 1.92. The lowest BCUT2D eigenvalue weighted by molar-refractivity contribution is 0.102. The number of carbonyl (C=O) groups is 1. The SMILES string of the molecule is Cc1nc2cc(NC(=O)c3c(C)ccn(C(C)CN(C)C)c3=O)ccc2s1. The van der Waals surface area contributed by atoms with E-state index in [-0.39, 0.29) is 17.2 Å². The van der Waals surface area contributed by atoms with E-state index in [0.29, 0.717) is 17.8 Å². The molecule has 2 heterocycles. The van der Waals surface area contributed by atoms with Gasteiger partial charge in [-0.05, 0) is 64.7 Å². The molecule has 1 aromatic carbocycles. The maximum Gasteiger partial charge on any atom is 0.263 e. The van der Waals surface area contributed by atoms with Crippen molar-refractivity contribution in [1.29, 1.82) is 0 Å². The van der Waals surface area contributed by atoms with E-state index in [4.69, 9.17) is 0 Å². The van der Waals surface area contributed by atoms with Crippen LogP contribution in [0, 0.1) is 13.8 Å². The molecule has 0 aliphatic heterocycles. The van der Waals surface area contributed by atoms with Crippen molar-refractivity contribution in [1.82, 2.24) is 14.5 Å². The summed E-state index contributed by atoms with van der Waals surface area (Å²) in [6.45, 7) is 6.42. The summed E-state index contributed by atoms with van der Waals surface area (Å²) in [6.07, 6.45) is 1.76. The van der Waals surface area contributed by atoms with Crippen LogP contribution in [0.4, 0.5) is 5.69 Å².